The van der Waals surface area contributed by atoms with Crippen molar-refractivity contribution < 1.29 is 9.21 Å². The maximum atomic E-state index is 12.7. The molecule has 1 aromatic carbocycles. The number of piperazine rings is 1. The molecule has 1 amide bonds. The van der Waals surface area contributed by atoms with Gasteiger partial charge in [-0.15, -0.1) is 0 Å². The fraction of sp³-hybridized carbons (Fsp3) is 0.579. The largest absolute Gasteiger partial charge is 0.421 e. The molecule has 7 nitrogen and oxygen atoms in total. The maximum absolute atomic E-state index is 12.7. The minimum absolute atomic E-state index is 0.118. The highest BCUT2D eigenvalue weighted by atomic mass is 16.4. The number of piperidine rings is 1. The highest BCUT2D eigenvalue weighted by Gasteiger charge is 2.30. The van der Waals surface area contributed by atoms with Gasteiger partial charge < -0.3 is 14.2 Å². The molecule has 2 aliphatic heterocycles. The summed E-state index contributed by atoms with van der Waals surface area (Å²) >= 11 is 0. The molecule has 7 heteroatoms. The van der Waals surface area contributed by atoms with Crippen molar-refractivity contribution in [1.82, 2.24) is 19.3 Å². The van der Waals surface area contributed by atoms with Crippen molar-refractivity contribution in [2.75, 3.05) is 46.3 Å². The average molecular weight is 358 g/mol. The number of carbonyl (C=O) groups excluding carboxylic acids is 1. The van der Waals surface area contributed by atoms with Crippen LogP contribution < -0.4 is 5.76 Å². The molecule has 0 N–H and O–H groups in total. The number of likely N-dealkylation sites (tertiary alicyclic amines) is 1. The third-order valence-electron chi connectivity index (χ3n) is 5.67. The van der Waals surface area contributed by atoms with Crippen LogP contribution in [0.4, 0.5) is 0 Å². The Morgan fingerprint density at radius 3 is 2.50 bits per heavy atom. The van der Waals surface area contributed by atoms with Gasteiger partial charge in [-0.05, 0) is 32.0 Å². The molecule has 0 bridgehead atoms. The van der Waals surface area contributed by atoms with E-state index in [4.69, 9.17) is 4.42 Å². The number of likely N-dealkylation sites (N-methyl/N-ethyl adjacent to an activating group) is 1. The molecule has 2 fully saturated rings. The molecule has 0 spiro atoms. The molecule has 2 aromatic rings. The van der Waals surface area contributed by atoms with Gasteiger partial charge in [-0.2, -0.15) is 0 Å². The van der Waals surface area contributed by atoms with Gasteiger partial charge in [0.05, 0.1) is 12.2 Å². The van der Waals surface area contributed by atoms with Gasteiger partial charge in [0.2, 0.25) is 5.91 Å². The van der Waals surface area contributed by atoms with Crippen LogP contribution in [0.15, 0.2) is 33.5 Å². The van der Waals surface area contributed by atoms with Crippen LogP contribution in [0.25, 0.3) is 11.1 Å². The number of hydrogen-bond acceptors (Lipinski definition) is 5. The Balaban J connectivity index is 1.35. The molecule has 26 heavy (non-hydrogen) atoms. The summed E-state index contributed by atoms with van der Waals surface area (Å²) in [5.74, 6) is 0.109. The van der Waals surface area contributed by atoms with Gasteiger partial charge in [0.1, 0.15) is 0 Å². The third-order valence-corrected chi connectivity index (χ3v) is 5.67. The van der Waals surface area contributed by atoms with Gasteiger partial charge in [-0.25, -0.2) is 4.79 Å². The molecule has 0 aliphatic carbocycles. The van der Waals surface area contributed by atoms with Crippen LogP contribution in [0.1, 0.15) is 12.8 Å². The van der Waals surface area contributed by atoms with Crippen molar-refractivity contribution in [1.29, 1.82) is 0 Å². The molecule has 0 unspecified atom stereocenters. The summed E-state index contributed by atoms with van der Waals surface area (Å²) in [5, 5.41) is 0. The Kier molecular flexibility index (Phi) is 4.82. The van der Waals surface area contributed by atoms with Crippen LogP contribution in [0.5, 0.6) is 0 Å². The molecule has 3 heterocycles. The predicted molar refractivity (Wildman–Crippen MR) is 98.8 cm³/mol. The number of nitrogens with zero attached hydrogens (tertiary/aromatic N) is 4. The quantitative estimate of drug-likeness (QED) is 0.820. The van der Waals surface area contributed by atoms with Crippen molar-refractivity contribution in [3.05, 3.63) is 34.8 Å². The first-order chi connectivity index (χ1) is 12.6. The minimum atomic E-state index is -0.318. The molecule has 2 saturated heterocycles. The van der Waals surface area contributed by atoms with Crippen LogP contribution in [-0.2, 0) is 11.5 Å². The first-order valence-corrected chi connectivity index (χ1v) is 9.40. The van der Waals surface area contributed by atoms with E-state index in [2.05, 4.69) is 16.8 Å². The fourth-order valence-electron chi connectivity index (χ4n) is 3.95. The summed E-state index contributed by atoms with van der Waals surface area (Å²) in [5.41, 5.74) is 1.45. The highest BCUT2D eigenvalue weighted by Crippen LogP contribution is 2.21. The monoisotopic (exact) mass is 358 g/mol. The summed E-state index contributed by atoms with van der Waals surface area (Å²) in [7, 11) is 2.10. The van der Waals surface area contributed by atoms with Gasteiger partial charge in [-0.3, -0.25) is 14.3 Å². The second kappa shape index (κ2) is 7.25. The fourth-order valence-corrected chi connectivity index (χ4v) is 3.95. The molecule has 0 atom stereocenters. The molecule has 1 aromatic heterocycles. The van der Waals surface area contributed by atoms with Crippen LogP contribution in [0, 0.1) is 5.92 Å². The molecular weight excluding hydrogens is 332 g/mol. The lowest BCUT2D eigenvalue weighted by molar-refractivity contribution is -0.138. The van der Waals surface area contributed by atoms with Crippen molar-refractivity contribution >= 4 is 17.0 Å². The SMILES string of the molecule is CN1CCN(C(=O)C2CCN(Cn3c(=O)oc4ccccc43)CC2)CC1. The number of benzene rings is 1. The summed E-state index contributed by atoms with van der Waals surface area (Å²) in [6.45, 7) is 5.78. The van der Waals surface area contributed by atoms with E-state index in [9.17, 15) is 9.59 Å². The first kappa shape index (κ1) is 17.3. The van der Waals surface area contributed by atoms with E-state index < -0.39 is 0 Å². The van der Waals surface area contributed by atoms with E-state index in [1.54, 1.807) is 4.57 Å². The summed E-state index contributed by atoms with van der Waals surface area (Å²) < 4.78 is 6.98. The normalized spacial score (nSPS) is 20.7. The van der Waals surface area contributed by atoms with E-state index in [0.717, 1.165) is 57.6 Å². The van der Waals surface area contributed by atoms with Gasteiger partial charge in [0, 0.05) is 45.2 Å². The van der Waals surface area contributed by atoms with E-state index in [1.807, 2.05) is 29.2 Å². The number of fused-ring (bicyclic) bond motifs is 1. The van der Waals surface area contributed by atoms with Crippen molar-refractivity contribution in [2.24, 2.45) is 5.92 Å². The van der Waals surface area contributed by atoms with E-state index >= 15 is 0 Å². The standard InChI is InChI=1S/C19H26N4O3/c1-20-10-12-22(13-11-20)18(24)15-6-8-21(9-7-15)14-23-16-4-2-3-5-17(16)26-19(23)25/h2-5,15H,6-14H2,1H3. The number of hydrogen-bond donors (Lipinski definition) is 0. The molecule has 140 valence electrons. The molecular formula is C19H26N4O3. The molecule has 0 radical (unpaired) electrons. The highest BCUT2D eigenvalue weighted by molar-refractivity contribution is 5.79. The number of para-hydroxylation sites is 2. The zero-order chi connectivity index (χ0) is 18.1. The average Bonchev–Trinajstić information content (AvgIpc) is 2.98. The second-order valence-corrected chi connectivity index (χ2v) is 7.43. The lowest BCUT2D eigenvalue weighted by Gasteiger charge is -2.37. The van der Waals surface area contributed by atoms with Crippen molar-refractivity contribution in [2.45, 2.75) is 19.5 Å². The van der Waals surface area contributed by atoms with Gasteiger partial charge in [0.15, 0.2) is 5.58 Å². The van der Waals surface area contributed by atoms with E-state index in [-0.39, 0.29) is 11.7 Å². The molecule has 4 rings (SSSR count). The smallest absolute Gasteiger partial charge is 0.408 e. The number of rotatable bonds is 3. The van der Waals surface area contributed by atoms with E-state index in [1.165, 1.54) is 0 Å². The van der Waals surface area contributed by atoms with E-state index in [0.29, 0.717) is 18.2 Å². The van der Waals surface area contributed by atoms with Crippen LogP contribution >= 0.6 is 0 Å². The Morgan fingerprint density at radius 2 is 1.77 bits per heavy atom. The zero-order valence-electron chi connectivity index (χ0n) is 15.3. The lowest BCUT2D eigenvalue weighted by atomic mass is 9.95. The van der Waals surface area contributed by atoms with Crippen LogP contribution in [-0.4, -0.2) is 71.5 Å². The lowest BCUT2D eigenvalue weighted by Crippen LogP contribution is -2.50. The van der Waals surface area contributed by atoms with Gasteiger partial charge >= 0.3 is 5.76 Å². The topological polar surface area (TPSA) is 61.9 Å². The van der Waals surface area contributed by atoms with Crippen LogP contribution in [0.2, 0.25) is 0 Å². The Hall–Kier alpha value is -2.12. The summed E-state index contributed by atoms with van der Waals surface area (Å²) in [6, 6.07) is 7.50. The minimum Gasteiger partial charge on any atom is -0.408 e. The summed E-state index contributed by atoms with van der Waals surface area (Å²) in [6.07, 6.45) is 1.71. The molecule has 0 saturated carbocycles. The third kappa shape index (κ3) is 3.41. The Bertz CT molecular complexity index is 827. The first-order valence-electron chi connectivity index (χ1n) is 9.40. The number of oxazole rings is 1. The maximum Gasteiger partial charge on any atom is 0.421 e. The van der Waals surface area contributed by atoms with Gasteiger partial charge in [-0.1, -0.05) is 12.1 Å². The van der Waals surface area contributed by atoms with Crippen molar-refractivity contribution in [3.63, 3.8) is 0 Å². The molecule has 2 aliphatic rings. The summed E-state index contributed by atoms with van der Waals surface area (Å²) in [4.78, 5) is 31.4. The number of aromatic nitrogens is 1. The van der Waals surface area contributed by atoms with Gasteiger partial charge in [0.25, 0.3) is 0 Å². The Labute approximate surface area is 152 Å². The Morgan fingerprint density at radius 1 is 1.08 bits per heavy atom. The number of carbonyl (C=O) groups is 1. The predicted octanol–water partition coefficient (Wildman–Crippen LogP) is 1.04. The van der Waals surface area contributed by atoms with Crippen molar-refractivity contribution in [3.8, 4) is 0 Å². The number of amides is 1. The zero-order valence-corrected chi connectivity index (χ0v) is 15.3. The second-order valence-electron chi connectivity index (χ2n) is 7.43. The van der Waals surface area contributed by atoms with Crippen LogP contribution in [0.3, 0.4) is 0 Å².